The Morgan fingerprint density at radius 3 is 3.06 bits per heavy atom. The highest BCUT2D eigenvalue weighted by molar-refractivity contribution is 5.74. The zero-order valence-electron chi connectivity index (χ0n) is 10.5. The smallest absolute Gasteiger partial charge is 0.321 e. The number of hydrogen-bond donors (Lipinski definition) is 1. The third kappa shape index (κ3) is 1.80. The Morgan fingerprint density at radius 2 is 2.39 bits per heavy atom. The Hall–Kier alpha value is -1.43. The van der Waals surface area contributed by atoms with E-state index in [1.54, 1.807) is 4.68 Å². The minimum atomic E-state index is -0.688. The standard InChI is InChI=1S/C12H18N4O2/c1-15-10(13-7-14-15)6-16-5-8-3-2-4-9(8)11(16)12(17)18/h7-9,11H,2-6H2,1H3,(H,17,18). The number of hydrogen-bond acceptors (Lipinski definition) is 4. The van der Waals surface area contributed by atoms with Crippen LogP contribution in [-0.2, 0) is 18.4 Å². The highest BCUT2D eigenvalue weighted by atomic mass is 16.4. The Bertz CT molecular complexity index is 459. The van der Waals surface area contributed by atoms with E-state index in [9.17, 15) is 9.90 Å². The molecule has 1 saturated heterocycles. The molecule has 3 unspecified atom stereocenters. The van der Waals surface area contributed by atoms with Crippen molar-refractivity contribution < 1.29 is 9.90 Å². The predicted octanol–water partition coefficient (Wildman–Crippen LogP) is 0.500. The van der Waals surface area contributed by atoms with E-state index < -0.39 is 5.97 Å². The van der Waals surface area contributed by atoms with Gasteiger partial charge in [-0.15, -0.1) is 0 Å². The molecule has 0 spiro atoms. The summed E-state index contributed by atoms with van der Waals surface area (Å²) in [5.41, 5.74) is 0. The van der Waals surface area contributed by atoms with E-state index >= 15 is 0 Å². The molecule has 3 atom stereocenters. The molecule has 98 valence electrons. The number of fused-ring (bicyclic) bond motifs is 1. The maximum Gasteiger partial charge on any atom is 0.321 e. The molecule has 0 amide bonds. The van der Waals surface area contributed by atoms with Crippen LogP contribution in [0.25, 0.3) is 0 Å². The number of aryl methyl sites for hydroxylation is 1. The van der Waals surface area contributed by atoms with Crippen molar-refractivity contribution in [3.63, 3.8) is 0 Å². The fraction of sp³-hybridized carbons (Fsp3) is 0.750. The molecule has 6 nitrogen and oxygen atoms in total. The second kappa shape index (κ2) is 4.35. The van der Waals surface area contributed by atoms with Crippen LogP contribution >= 0.6 is 0 Å². The largest absolute Gasteiger partial charge is 0.480 e. The molecule has 3 rings (SSSR count). The summed E-state index contributed by atoms with van der Waals surface area (Å²) < 4.78 is 1.72. The van der Waals surface area contributed by atoms with Gasteiger partial charge in [0, 0.05) is 13.6 Å². The number of carboxylic acid groups (broad SMARTS) is 1. The minimum Gasteiger partial charge on any atom is -0.480 e. The van der Waals surface area contributed by atoms with E-state index in [0.717, 1.165) is 18.8 Å². The van der Waals surface area contributed by atoms with Gasteiger partial charge in [-0.1, -0.05) is 6.42 Å². The average Bonchev–Trinajstić information content (AvgIpc) is 2.95. The number of nitrogens with zero attached hydrogens (tertiary/aromatic N) is 4. The van der Waals surface area contributed by atoms with Gasteiger partial charge in [0.2, 0.25) is 0 Å². The van der Waals surface area contributed by atoms with Gasteiger partial charge in [0.1, 0.15) is 18.2 Å². The van der Waals surface area contributed by atoms with Gasteiger partial charge in [0.05, 0.1) is 6.54 Å². The van der Waals surface area contributed by atoms with Crippen molar-refractivity contribution in [2.24, 2.45) is 18.9 Å². The van der Waals surface area contributed by atoms with Crippen molar-refractivity contribution in [1.82, 2.24) is 19.7 Å². The molecule has 18 heavy (non-hydrogen) atoms. The SMILES string of the molecule is Cn1ncnc1CN1CC2CCCC2C1C(=O)O. The van der Waals surface area contributed by atoms with Crippen molar-refractivity contribution >= 4 is 5.97 Å². The van der Waals surface area contributed by atoms with Gasteiger partial charge in [-0.3, -0.25) is 14.4 Å². The lowest BCUT2D eigenvalue weighted by Crippen LogP contribution is -2.39. The molecule has 1 saturated carbocycles. The van der Waals surface area contributed by atoms with Crippen molar-refractivity contribution in [3.05, 3.63) is 12.2 Å². The molecule has 0 radical (unpaired) electrons. The maximum atomic E-state index is 11.5. The van der Waals surface area contributed by atoms with Crippen LogP contribution in [0, 0.1) is 11.8 Å². The summed E-state index contributed by atoms with van der Waals surface area (Å²) in [7, 11) is 1.84. The topological polar surface area (TPSA) is 71.2 Å². The third-order valence-electron chi connectivity index (χ3n) is 4.39. The number of aromatic nitrogens is 3. The van der Waals surface area contributed by atoms with Crippen LogP contribution in [-0.4, -0.2) is 43.3 Å². The van der Waals surface area contributed by atoms with Gasteiger partial charge in [-0.2, -0.15) is 5.10 Å². The van der Waals surface area contributed by atoms with Gasteiger partial charge < -0.3 is 5.11 Å². The highest BCUT2D eigenvalue weighted by Gasteiger charge is 2.47. The van der Waals surface area contributed by atoms with Gasteiger partial charge in [-0.25, -0.2) is 4.98 Å². The normalized spacial score (nSPS) is 31.7. The van der Waals surface area contributed by atoms with Crippen molar-refractivity contribution in [1.29, 1.82) is 0 Å². The number of aliphatic carboxylic acids is 1. The Balaban J connectivity index is 1.79. The molecular weight excluding hydrogens is 232 g/mol. The Labute approximate surface area is 106 Å². The van der Waals surface area contributed by atoms with Gasteiger partial charge in [0.15, 0.2) is 0 Å². The van der Waals surface area contributed by atoms with E-state index in [0.29, 0.717) is 18.4 Å². The summed E-state index contributed by atoms with van der Waals surface area (Å²) in [5.74, 6) is 1.03. The number of likely N-dealkylation sites (tertiary alicyclic amines) is 1. The zero-order chi connectivity index (χ0) is 12.7. The molecule has 6 heteroatoms. The van der Waals surface area contributed by atoms with Gasteiger partial charge >= 0.3 is 5.97 Å². The first-order valence-corrected chi connectivity index (χ1v) is 6.46. The van der Waals surface area contributed by atoms with Crippen molar-refractivity contribution in [2.75, 3.05) is 6.54 Å². The molecule has 1 N–H and O–H groups in total. The molecule has 1 aliphatic carbocycles. The first kappa shape index (κ1) is 11.6. The second-order valence-corrected chi connectivity index (χ2v) is 5.37. The first-order chi connectivity index (χ1) is 8.66. The minimum absolute atomic E-state index is 0.329. The lowest BCUT2D eigenvalue weighted by atomic mass is 9.94. The van der Waals surface area contributed by atoms with Crippen molar-refractivity contribution in [3.8, 4) is 0 Å². The fourth-order valence-electron chi connectivity index (χ4n) is 3.54. The number of carbonyl (C=O) groups is 1. The van der Waals surface area contributed by atoms with Crippen LogP contribution in [0.2, 0.25) is 0 Å². The quantitative estimate of drug-likeness (QED) is 0.846. The molecular formula is C12H18N4O2. The summed E-state index contributed by atoms with van der Waals surface area (Å²) >= 11 is 0. The van der Waals surface area contributed by atoms with Gasteiger partial charge in [0.25, 0.3) is 0 Å². The van der Waals surface area contributed by atoms with E-state index in [1.807, 2.05) is 7.05 Å². The van der Waals surface area contributed by atoms with Crippen LogP contribution in [0.15, 0.2) is 6.33 Å². The molecule has 1 aromatic rings. The molecule has 0 bridgehead atoms. The summed E-state index contributed by atoms with van der Waals surface area (Å²) in [5, 5.41) is 13.5. The monoisotopic (exact) mass is 250 g/mol. The summed E-state index contributed by atoms with van der Waals surface area (Å²) in [6, 6.07) is -0.339. The van der Waals surface area contributed by atoms with Crippen LogP contribution in [0.1, 0.15) is 25.1 Å². The molecule has 2 heterocycles. The van der Waals surface area contributed by atoms with Crippen LogP contribution in [0.4, 0.5) is 0 Å². The zero-order valence-corrected chi connectivity index (χ0v) is 10.5. The van der Waals surface area contributed by atoms with Crippen molar-refractivity contribution in [2.45, 2.75) is 31.8 Å². The van der Waals surface area contributed by atoms with Crippen LogP contribution in [0.5, 0.6) is 0 Å². The average molecular weight is 250 g/mol. The molecule has 1 aromatic heterocycles. The van der Waals surface area contributed by atoms with E-state index in [2.05, 4.69) is 15.0 Å². The van der Waals surface area contributed by atoms with Gasteiger partial charge in [-0.05, 0) is 24.7 Å². The molecule has 0 aromatic carbocycles. The van der Waals surface area contributed by atoms with Crippen LogP contribution in [0.3, 0.4) is 0 Å². The highest BCUT2D eigenvalue weighted by Crippen LogP contribution is 2.42. The van der Waals surface area contributed by atoms with E-state index in [4.69, 9.17) is 0 Å². The molecule has 2 fully saturated rings. The second-order valence-electron chi connectivity index (χ2n) is 5.37. The Morgan fingerprint density at radius 1 is 1.56 bits per heavy atom. The molecule has 1 aliphatic heterocycles. The summed E-state index contributed by atoms with van der Waals surface area (Å²) in [6.45, 7) is 1.47. The number of rotatable bonds is 3. The van der Waals surface area contributed by atoms with E-state index in [-0.39, 0.29) is 6.04 Å². The maximum absolute atomic E-state index is 11.5. The lowest BCUT2D eigenvalue weighted by molar-refractivity contribution is -0.143. The third-order valence-corrected chi connectivity index (χ3v) is 4.39. The van der Waals surface area contributed by atoms with E-state index in [1.165, 1.54) is 19.2 Å². The summed E-state index contributed by atoms with van der Waals surface area (Å²) in [6.07, 6.45) is 4.92. The Kier molecular flexibility index (Phi) is 2.81. The number of carboxylic acids is 1. The predicted molar refractivity (Wildman–Crippen MR) is 63.7 cm³/mol. The lowest BCUT2D eigenvalue weighted by Gasteiger charge is -2.23. The fourth-order valence-corrected chi connectivity index (χ4v) is 3.54. The van der Waals surface area contributed by atoms with Crippen LogP contribution < -0.4 is 0 Å². The molecule has 2 aliphatic rings. The first-order valence-electron chi connectivity index (χ1n) is 6.46. The summed E-state index contributed by atoms with van der Waals surface area (Å²) in [4.78, 5) is 17.7.